The lowest BCUT2D eigenvalue weighted by atomic mass is 9.93. The van der Waals surface area contributed by atoms with Crippen molar-refractivity contribution in [3.63, 3.8) is 0 Å². The number of rotatable bonds is 5. The van der Waals surface area contributed by atoms with Crippen LogP contribution in [0, 0.1) is 5.92 Å². The Morgan fingerprint density at radius 2 is 1.83 bits per heavy atom. The number of nitrogens with one attached hydrogen (secondary N) is 1. The van der Waals surface area contributed by atoms with Crippen LogP contribution >= 0.6 is 0 Å². The van der Waals surface area contributed by atoms with E-state index in [9.17, 15) is 4.79 Å². The summed E-state index contributed by atoms with van der Waals surface area (Å²) >= 11 is 0. The highest BCUT2D eigenvalue weighted by atomic mass is 16.2. The fraction of sp³-hybridized carbons (Fsp3) is 0.773. The maximum atomic E-state index is 12.8. The number of amides is 1. The molecule has 29 heavy (non-hydrogen) atoms. The van der Waals surface area contributed by atoms with Gasteiger partial charge in [0.15, 0.2) is 0 Å². The van der Waals surface area contributed by atoms with Gasteiger partial charge in [-0.15, -0.1) is 0 Å². The van der Waals surface area contributed by atoms with Gasteiger partial charge in [-0.25, -0.2) is 4.98 Å². The Kier molecular flexibility index (Phi) is 6.53. The first-order valence-corrected chi connectivity index (χ1v) is 11.5. The molecule has 1 aromatic heterocycles. The smallest absolute Gasteiger partial charge is 0.227 e. The minimum Gasteiger partial charge on any atom is -0.368 e. The van der Waals surface area contributed by atoms with Gasteiger partial charge in [0.1, 0.15) is 5.82 Å². The molecule has 4 rings (SSSR count). The fourth-order valence-corrected chi connectivity index (χ4v) is 5.04. The number of hydrogen-bond donors (Lipinski definition) is 1. The fourth-order valence-electron chi connectivity index (χ4n) is 5.04. The third-order valence-electron chi connectivity index (χ3n) is 6.56. The van der Waals surface area contributed by atoms with Crippen LogP contribution in [0.25, 0.3) is 0 Å². The van der Waals surface area contributed by atoms with Gasteiger partial charge < -0.3 is 15.1 Å². The van der Waals surface area contributed by atoms with Crippen LogP contribution in [0.2, 0.25) is 0 Å². The summed E-state index contributed by atoms with van der Waals surface area (Å²) < 4.78 is 0. The van der Waals surface area contributed by atoms with Crippen molar-refractivity contribution < 1.29 is 4.79 Å². The zero-order chi connectivity index (χ0) is 20.2. The van der Waals surface area contributed by atoms with Gasteiger partial charge in [-0.2, -0.15) is 4.98 Å². The maximum Gasteiger partial charge on any atom is 0.227 e. The predicted octanol–water partition coefficient (Wildman–Crippen LogP) is 2.60. The van der Waals surface area contributed by atoms with E-state index in [1.807, 2.05) is 12.3 Å². The Morgan fingerprint density at radius 1 is 1.07 bits per heavy atom. The number of hydrogen-bond acceptors (Lipinski definition) is 6. The number of aromatic nitrogens is 2. The highest BCUT2D eigenvalue weighted by Crippen LogP contribution is 2.27. The van der Waals surface area contributed by atoms with Crippen LogP contribution in [0.3, 0.4) is 0 Å². The third-order valence-corrected chi connectivity index (χ3v) is 6.56. The molecule has 3 fully saturated rings. The second-order valence-corrected chi connectivity index (χ2v) is 9.13. The molecule has 0 aromatic carbocycles. The summed E-state index contributed by atoms with van der Waals surface area (Å²) in [6.07, 6.45) is 8.65. The number of piperidine rings is 2. The van der Waals surface area contributed by atoms with Gasteiger partial charge in [-0.3, -0.25) is 9.69 Å². The lowest BCUT2D eigenvalue weighted by Crippen LogP contribution is -2.51. The van der Waals surface area contributed by atoms with Gasteiger partial charge in [0.05, 0.1) is 5.92 Å². The zero-order valence-electron chi connectivity index (χ0n) is 18.0. The number of anilines is 2. The molecule has 3 saturated heterocycles. The first-order chi connectivity index (χ1) is 14.1. The molecule has 1 atom stereocenters. The molecular weight excluding hydrogens is 364 g/mol. The highest BCUT2D eigenvalue weighted by Gasteiger charge is 2.34. The summed E-state index contributed by atoms with van der Waals surface area (Å²) in [4.78, 5) is 29.0. The quantitative estimate of drug-likeness (QED) is 0.820. The van der Waals surface area contributed by atoms with E-state index < -0.39 is 0 Å². The predicted molar refractivity (Wildman–Crippen MR) is 116 cm³/mol. The van der Waals surface area contributed by atoms with E-state index in [-0.39, 0.29) is 5.92 Å². The van der Waals surface area contributed by atoms with E-state index >= 15 is 0 Å². The molecule has 7 heteroatoms. The van der Waals surface area contributed by atoms with Crippen LogP contribution in [0.5, 0.6) is 0 Å². The SMILES string of the molecule is CC(C)Nc1ccnc(N2CCC(N3CCC[C@H](C(=O)N4CCCC4)C3)CC2)n1. The van der Waals surface area contributed by atoms with Crippen LogP contribution in [0.15, 0.2) is 12.3 Å². The van der Waals surface area contributed by atoms with Gasteiger partial charge in [0.25, 0.3) is 0 Å². The zero-order valence-corrected chi connectivity index (χ0v) is 18.0. The molecule has 0 unspecified atom stereocenters. The Morgan fingerprint density at radius 3 is 2.55 bits per heavy atom. The normalized spacial score (nSPS) is 24.3. The Hall–Kier alpha value is -1.89. The molecule has 1 amide bonds. The lowest BCUT2D eigenvalue weighted by Gasteiger charge is -2.42. The van der Waals surface area contributed by atoms with Crippen LogP contribution in [-0.4, -0.2) is 77.0 Å². The van der Waals surface area contributed by atoms with E-state index in [2.05, 4.69) is 38.8 Å². The first kappa shape index (κ1) is 20.4. The van der Waals surface area contributed by atoms with Gasteiger partial charge in [0.2, 0.25) is 11.9 Å². The molecule has 1 aromatic rings. The van der Waals surface area contributed by atoms with E-state index in [1.54, 1.807) is 0 Å². The molecule has 160 valence electrons. The summed E-state index contributed by atoms with van der Waals surface area (Å²) in [5.41, 5.74) is 0. The van der Waals surface area contributed by atoms with Crippen LogP contribution in [-0.2, 0) is 4.79 Å². The van der Waals surface area contributed by atoms with Gasteiger partial charge in [0, 0.05) is 51.0 Å². The van der Waals surface area contributed by atoms with Crippen molar-refractivity contribution in [1.29, 1.82) is 0 Å². The monoisotopic (exact) mass is 400 g/mol. The third kappa shape index (κ3) is 5.00. The van der Waals surface area contributed by atoms with Crippen molar-refractivity contribution in [1.82, 2.24) is 19.8 Å². The Bertz CT molecular complexity index is 682. The van der Waals surface area contributed by atoms with Crippen LogP contribution in [0.4, 0.5) is 11.8 Å². The summed E-state index contributed by atoms with van der Waals surface area (Å²) in [5, 5.41) is 3.36. The Labute approximate surface area is 174 Å². The molecule has 1 N–H and O–H groups in total. The number of carbonyl (C=O) groups is 1. The molecule has 7 nitrogen and oxygen atoms in total. The molecule has 0 aliphatic carbocycles. The molecule has 0 saturated carbocycles. The number of nitrogens with zero attached hydrogens (tertiary/aromatic N) is 5. The average molecular weight is 401 g/mol. The van der Waals surface area contributed by atoms with Crippen LogP contribution in [0.1, 0.15) is 52.4 Å². The standard InChI is InChI=1S/C22H36N6O/c1-17(2)24-20-7-10-23-22(25-20)27-14-8-19(9-15-27)28-13-5-6-18(16-28)21(29)26-11-3-4-12-26/h7,10,17-19H,3-6,8-9,11-16H2,1-2H3,(H,23,24,25)/t18-/m0/s1. The molecule has 3 aliphatic rings. The van der Waals surface area contributed by atoms with Gasteiger partial charge in [-0.05, 0) is 65.0 Å². The molecule has 0 radical (unpaired) electrons. The van der Waals surface area contributed by atoms with Gasteiger partial charge >= 0.3 is 0 Å². The topological polar surface area (TPSA) is 64.6 Å². The molecule has 3 aliphatic heterocycles. The molecule has 0 bridgehead atoms. The van der Waals surface area contributed by atoms with Crippen molar-refractivity contribution in [2.45, 2.75) is 64.5 Å². The van der Waals surface area contributed by atoms with E-state index in [4.69, 9.17) is 4.98 Å². The summed E-state index contributed by atoms with van der Waals surface area (Å²) in [5.74, 6) is 2.34. The van der Waals surface area contributed by atoms with Crippen molar-refractivity contribution in [3.05, 3.63) is 12.3 Å². The van der Waals surface area contributed by atoms with Gasteiger partial charge in [-0.1, -0.05) is 0 Å². The van der Waals surface area contributed by atoms with Crippen molar-refractivity contribution in [3.8, 4) is 0 Å². The summed E-state index contributed by atoms with van der Waals surface area (Å²) in [6.45, 7) is 10.2. The summed E-state index contributed by atoms with van der Waals surface area (Å²) in [6, 6.07) is 2.87. The highest BCUT2D eigenvalue weighted by molar-refractivity contribution is 5.79. The van der Waals surface area contributed by atoms with E-state index in [0.29, 0.717) is 18.0 Å². The summed E-state index contributed by atoms with van der Waals surface area (Å²) in [7, 11) is 0. The maximum absolute atomic E-state index is 12.8. The lowest BCUT2D eigenvalue weighted by molar-refractivity contribution is -0.136. The van der Waals surface area contributed by atoms with E-state index in [0.717, 1.165) is 76.7 Å². The second kappa shape index (κ2) is 9.28. The number of likely N-dealkylation sites (tertiary alicyclic amines) is 2. The van der Waals surface area contributed by atoms with Crippen LogP contribution < -0.4 is 10.2 Å². The van der Waals surface area contributed by atoms with Crippen molar-refractivity contribution >= 4 is 17.7 Å². The van der Waals surface area contributed by atoms with Crippen molar-refractivity contribution in [2.75, 3.05) is 49.5 Å². The molecule has 0 spiro atoms. The average Bonchev–Trinajstić information content (AvgIpc) is 3.28. The minimum atomic E-state index is 0.210. The van der Waals surface area contributed by atoms with E-state index in [1.165, 1.54) is 12.8 Å². The molecular formula is C22H36N6O. The second-order valence-electron chi connectivity index (χ2n) is 9.13. The largest absolute Gasteiger partial charge is 0.368 e. The Balaban J connectivity index is 1.30. The number of carbonyl (C=O) groups excluding carboxylic acids is 1. The molecule has 4 heterocycles. The van der Waals surface area contributed by atoms with Crippen molar-refractivity contribution in [2.24, 2.45) is 5.92 Å². The minimum absolute atomic E-state index is 0.210. The first-order valence-electron chi connectivity index (χ1n) is 11.5.